The Labute approximate surface area is 115 Å². The van der Waals surface area contributed by atoms with Crippen LogP contribution < -0.4 is 5.32 Å². The van der Waals surface area contributed by atoms with Crippen molar-refractivity contribution in [2.24, 2.45) is 5.92 Å². The molecular weight excluding hydrogens is 250 g/mol. The molecule has 1 N–H and O–H groups in total. The standard InChI is InChI=1S/C14H24ClNO2/c15-13-6-2-1-4-11(13)10-16-14(17)8-7-12-5-3-9-18-12/h11-13H,1-10H2,(H,16,17). The smallest absolute Gasteiger partial charge is 0.220 e. The first-order valence-corrected chi connectivity index (χ1v) is 7.71. The number of carbonyl (C=O) groups is 1. The molecule has 1 saturated heterocycles. The third-order valence-electron chi connectivity index (χ3n) is 4.10. The van der Waals surface area contributed by atoms with Gasteiger partial charge in [0.2, 0.25) is 5.91 Å². The van der Waals surface area contributed by atoms with Gasteiger partial charge >= 0.3 is 0 Å². The molecule has 1 aliphatic carbocycles. The minimum absolute atomic E-state index is 0.153. The Balaban J connectivity index is 1.58. The average Bonchev–Trinajstić information content (AvgIpc) is 2.88. The summed E-state index contributed by atoms with van der Waals surface area (Å²) in [6.45, 7) is 1.61. The van der Waals surface area contributed by atoms with Gasteiger partial charge in [-0.25, -0.2) is 0 Å². The molecule has 2 aliphatic rings. The maximum Gasteiger partial charge on any atom is 0.220 e. The Morgan fingerprint density at radius 2 is 2.06 bits per heavy atom. The quantitative estimate of drug-likeness (QED) is 0.783. The Morgan fingerprint density at radius 1 is 1.22 bits per heavy atom. The summed E-state index contributed by atoms with van der Waals surface area (Å²) in [5.74, 6) is 0.618. The molecular formula is C14H24ClNO2. The van der Waals surface area contributed by atoms with Crippen LogP contribution in [0.15, 0.2) is 0 Å². The molecule has 1 saturated carbocycles. The number of alkyl halides is 1. The monoisotopic (exact) mass is 273 g/mol. The van der Waals surface area contributed by atoms with E-state index in [0.29, 0.717) is 18.4 Å². The molecule has 1 amide bonds. The Kier molecular flexibility index (Phi) is 5.77. The number of halogens is 1. The first-order chi connectivity index (χ1) is 8.75. The highest BCUT2D eigenvalue weighted by Gasteiger charge is 2.23. The molecule has 0 aromatic heterocycles. The SMILES string of the molecule is O=C(CCC1CCCO1)NCC1CCCCC1Cl. The molecule has 3 nitrogen and oxygen atoms in total. The second-order valence-corrected chi connectivity index (χ2v) is 6.10. The van der Waals surface area contributed by atoms with Crippen LogP contribution >= 0.6 is 11.6 Å². The molecule has 1 aliphatic heterocycles. The van der Waals surface area contributed by atoms with Crippen molar-refractivity contribution in [2.75, 3.05) is 13.2 Å². The maximum atomic E-state index is 11.7. The van der Waals surface area contributed by atoms with E-state index in [1.807, 2.05) is 0 Å². The van der Waals surface area contributed by atoms with Crippen molar-refractivity contribution >= 4 is 17.5 Å². The molecule has 104 valence electrons. The summed E-state index contributed by atoms with van der Waals surface area (Å²) in [6.07, 6.45) is 8.74. The third-order valence-corrected chi connectivity index (χ3v) is 4.67. The van der Waals surface area contributed by atoms with Crippen LogP contribution in [0, 0.1) is 5.92 Å². The number of carbonyl (C=O) groups excluding carboxylic acids is 1. The number of ether oxygens (including phenoxy) is 1. The minimum atomic E-state index is 0.153. The number of hydrogen-bond donors (Lipinski definition) is 1. The maximum absolute atomic E-state index is 11.7. The highest BCUT2D eigenvalue weighted by Crippen LogP contribution is 2.28. The number of amides is 1. The lowest BCUT2D eigenvalue weighted by atomic mass is 9.88. The van der Waals surface area contributed by atoms with Gasteiger partial charge in [-0.2, -0.15) is 0 Å². The van der Waals surface area contributed by atoms with Crippen molar-refractivity contribution in [1.82, 2.24) is 5.32 Å². The van der Waals surface area contributed by atoms with E-state index >= 15 is 0 Å². The molecule has 3 atom stereocenters. The molecule has 3 unspecified atom stereocenters. The summed E-state index contributed by atoms with van der Waals surface area (Å²) in [4.78, 5) is 11.7. The fraction of sp³-hybridized carbons (Fsp3) is 0.929. The van der Waals surface area contributed by atoms with Gasteiger partial charge in [0.25, 0.3) is 0 Å². The van der Waals surface area contributed by atoms with Crippen LogP contribution in [-0.2, 0) is 9.53 Å². The van der Waals surface area contributed by atoms with Gasteiger partial charge in [-0.05, 0) is 38.0 Å². The van der Waals surface area contributed by atoms with Crippen LogP contribution in [0.5, 0.6) is 0 Å². The highest BCUT2D eigenvalue weighted by atomic mass is 35.5. The summed E-state index contributed by atoms with van der Waals surface area (Å²) >= 11 is 6.28. The third kappa shape index (κ3) is 4.43. The van der Waals surface area contributed by atoms with E-state index < -0.39 is 0 Å². The van der Waals surface area contributed by atoms with Crippen LogP contribution in [0.1, 0.15) is 51.4 Å². The second kappa shape index (κ2) is 7.34. The molecule has 0 bridgehead atoms. The molecule has 0 radical (unpaired) electrons. The first kappa shape index (κ1) is 14.1. The normalized spacial score (nSPS) is 32.4. The molecule has 0 aromatic rings. The molecule has 0 spiro atoms. The van der Waals surface area contributed by atoms with Gasteiger partial charge < -0.3 is 10.1 Å². The zero-order chi connectivity index (χ0) is 12.8. The van der Waals surface area contributed by atoms with Crippen LogP contribution in [0.3, 0.4) is 0 Å². The highest BCUT2D eigenvalue weighted by molar-refractivity contribution is 6.20. The van der Waals surface area contributed by atoms with Gasteiger partial charge in [-0.15, -0.1) is 11.6 Å². The molecule has 2 rings (SSSR count). The van der Waals surface area contributed by atoms with Crippen molar-refractivity contribution in [3.8, 4) is 0 Å². The minimum Gasteiger partial charge on any atom is -0.378 e. The van der Waals surface area contributed by atoms with Crippen LogP contribution in [0.25, 0.3) is 0 Å². The molecule has 4 heteroatoms. The molecule has 2 fully saturated rings. The fourth-order valence-electron chi connectivity index (χ4n) is 2.89. The summed E-state index contributed by atoms with van der Waals surface area (Å²) in [5, 5.41) is 3.28. The van der Waals surface area contributed by atoms with Gasteiger partial charge in [0, 0.05) is 24.9 Å². The zero-order valence-corrected chi connectivity index (χ0v) is 11.8. The van der Waals surface area contributed by atoms with Crippen LogP contribution in [-0.4, -0.2) is 30.5 Å². The van der Waals surface area contributed by atoms with E-state index in [9.17, 15) is 4.79 Å². The molecule has 1 heterocycles. The topological polar surface area (TPSA) is 38.3 Å². The lowest BCUT2D eigenvalue weighted by molar-refractivity contribution is -0.121. The van der Waals surface area contributed by atoms with E-state index in [1.165, 1.54) is 12.8 Å². The zero-order valence-electron chi connectivity index (χ0n) is 11.0. The fourth-order valence-corrected chi connectivity index (χ4v) is 3.26. The number of rotatable bonds is 5. The summed E-state index contributed by atoms with van der Waals surface area (Å²) in [6, 6.07) is 0. The number of hydrogen-bond acceptors (Lipinski definition) is 2. The predicted molar refractivity (Wildman–Crippen MR) is 72.8 cm³/mol. The average molecular weight is 274 g/mol. The van der Waals surface area contributed by atoms with E-state index in [-0.39, 0.29) is 11.3 Å². The summed E-state index contributed by atoms with van der Waals surface area (Å²) < 4.78 is 5.51. The van der Waals surface area contributed by atoms with E-state index in [4.69, 9.17) is 16.3 Å². The van der Waals surface area contributed by atoms with E-state index in [0.717, 1.165) is 45.3 Å². The van der Waals surface area contributed by atoms with Crippen LogP contribution in [0.4, 0.5) is 0 Å². The Bertz CT molecular complexity index is 267. The van der Waals surface area contributed by atoms with Crippen molar-refractivity contribution in [1.29, 1.82) is 0 Å². The van der Waals surface area contributed by atoms with Crippen molar-refractivity contribution < 1.29 is 9.53 Å². The van der Waals surface area contributed by atoms with Crippen molar-refractivity contribution in [3.05, 3.63) is 0 Å². The molecule has 18 heavy (non-hydrogen) atoms. The second-order valence-electron chi connectivity index (χ2n) is 5.54. The van der Waals surface area contributed by atoms with Crippen molar-refractivity contribution in [3.63, 3.8) is 0 Å². The van der Waals surface area contributed by atoms with Crippen molar-refractivity contribution in [2.45, 2.75) is 62.8 Å². The van der Waals surface area contributed by atoms with E-state index in [1.54, 1.807) is 0 Å². The Hall–Kier alpha value is -0.280. The predicted octanol–water partition coefficient (Wildman–Crippen LogP) is 2.86. The number of nitrogens with one attached hydrogen (secondary N) is 1. The molecule has 0 aromatic carbocycles. The summed E-state index contributed by atoms with van der Waals surface area (Å²) in [5.41, 5.74) is 0. The lowest BCUT2D eigenvalue weighted by Gasteiger charge is -2.27. The van der Waals surface area contributed by atoms with Gasteiger partial charge in [-0.3, -0.25) is 4.79 Å². The van der Waals surface area contributed by atoms with E-state index in [2.05, 4.69) is 5.32 Å². The van der Waals surface area contributed by atoms with Gasteiger partial charge in [0.1, 0.15) is 0 Å². The van der Waals surface area contributed by atoms with Gasteiger partial charge in [0.15, 0.2) is 0 Å². The summed E-state index contributed by atoms with van der Waals surface area (Å²) in [7, 11) is 0. The first-order valence-electron chi connectivity index (χ1n) is 7.28. The van der Waals surface area contributed by atoms with Crippen LogP contribution in [0.2, 0.25) is 0 Å². The van der Waals surface area contributed by atoms with Gasteiger partial charge in [0.05, 0.1) is 6.10 Å². The largest absolute Gasteiger partial charge is 0.378 e. The lowest BCUT2D eigenvalue weighted by Crippen LogP contribution is -2.34. The van der Waals surface area contributed by atoms with Gasteiger partial charge in [-0.1, -0.05) is 12.8 Å². The Morgan fingerprint density at radius 3 is 2.78 bits per heavy atom.